The first-order valence-electron chi connectivity index (χ1n) is 9.27. The molecule has 1 nitrogen and oxygen atoms in total. The second-order valence-corrected chi connectivity index (χ2v) is 6.54. The summed E-state index contributed by atoms with van der Waals surface area (Å²) >= 11 is 0. The lowest BCUT2D eigenvalue weighted by Gasteiger charge is -2.26. The van der Waals surface area contributed by atoms with E-state index in [1.165, 1.54) is 0 Å². The molecule has 0 fully saturated rings. The third kappa shape index (κ3) is 4.69. The lowest BCUT2D eigenvalue weighted by molar-refractivity contribution is 0.0308. The Morgan fingerprint density at radius 1 is 0.357 bits per heavy atom. The van der Waals surface area contributed by atoms with Crippen molar-refractivity contribution in [1.29, 1.82) is 0 Å². The van der Waals surface area contributed by atoms with E-state index in [1.807, 2.05) is 24.3 Å². The Labute approximate surface area is 173 Å². The van der Waals surface area contributed by atoms with Crippen molar-refractivity contribution in [1.82, 2.24) is 0 Å². The van der Waals surface area contributed by atoms with Crippen molar-refractivity contribution in [3.8, 4) is 0 Å². The van der Waals surface area contributed by atoms with Crippen molar-refractivity contribution in [2.45, 2.75) is 12.2 Å². The van der Waals surface area contributed by atoms with Crippen LogP contribution in [0, 0.1) is 0 Å². The van der Waals surface area contributed by atoms with Crippen molar-refractivity contribution in [3.05, 3.63) is 144 Å². The Balaban J connectivity index is 0.00000225. The lowest BCUT2D eigenvalue weighted by atomic mass is 9.98. The summed E-state index contributed by atoms with van der Waals surface area (Å²) in [6.07, 6.45) is -0.282. The second-order valence-electron chi connectivity index (χ2n) is 6.54. The van der Waals surface area contributed by atoms with Gasteiger partial charge in [0.2, 0.25) is 0 Å². The minimum atomic E-state index is -0.141. The Kier molecular flexibility index (Phi) is 7.02. The summed E-state index contributed by atoms with van der Waals surface area (Å²) in [5.74, 6) is 0. The topological polar surface area (TPSA) is 9.23 Å². The highest BCUT2D eigenvalue weighted by Gasteiger charge is 2.22. The van der Waals surface area contributed by atoms with Crippen LogP contribution in [0.4, 0.5) is 0 Å². The Bertz CT molecular complexity index is 781. The smallest absolute Gasteiger partial charge is 0.109 e. The summed E-state index contributed by atoms with van der Waals surface area (Å²) in [7, 11) is 0. The van der Waals surface area contributed by atoms with Gasteiger partial charge in [0, 0.05) is 0 Å². The Morgan fingerprint density at radius 3 is 0.786 bits per heavy atom. The van der Waals surface area contributed by atoms with E-state index in [1.54, 1.807) is 0 Å². The molecule has 0 spiro atoms. The normalized spacial score (nSPS) is 10.6. The van der Waals surface area contributed by atoms with Gasteiger partial charge in [-0.1, -0.05) is 121 Å². The van der Waals surface area contributed by atoms with Gasteiger partial charge < -0.3 is 4.74 Å². The Morgan fingerprint density at radius 2 is 0.571 bits per heavy atom. The maximum absolute atomic E-state index is 6.79. The molecule has 0 saturated heterocycles. The quantitative estimate of drug-likeness (QED) is 0.346. The number of hydrogen-bond acceptors (Lipinski definition) is 1. The summed E-state index contributed by atoms with van der Waals surface area (Å²) < 4.78 is 6.79. The van der Waals surface area contributed by atoms with Gasteiger partial charge in [-0.2, -0.15) is 0 Å². The maximum atomic E-state index is 6.79. The van der Waals surface area contributed by atoms with E-state index in [0.29, 0.717) is 0 Å². The molecule has 0 atom stereocenters. The molecule has 0 aromatic heterocycles. The maximum Gasteiger partial charge on any atom is 0.109 e. The minimum Gasteiger partial charge on any atom is -0.356 e. The number of rotatable bonds is 6. The number of benzene rings is 4. The van der Waals surface area contributed by atoms with Crippen LogP contribution in [0.3, 0.4) is 0 Å². The number of hydrogen-bond donors (Lipinski definition) is 0. The van der Waals surface area contributed by atoms with Gasteiger partial charge in [0.05, 0.1) is 0 Å². The molecule has 4 rings (SSSR count). The third-order valence-corrected chi connectivity index (χ3v) is 4.68. The molecule has 0 unspecified atom stereocenters. The van der Waals surface area contributed by atoms with Crippen LogP contribution in [0.2, 0.25) is 0 Å². The first kappa shape index (κ1) is 19.9. The minimum absolute atomic E-state index is 0. The van der Waals surface area contributed by atoms with Crippen LogP contribution in [0.5, 0.6) is 0 Å². The van der Waals surface area contributed by atoms with E-state index in [-0.39, 0.29) is 24.6 Å². The summed E-state index contributed by atoms with van der Waals surface area (Å²) in [6, 6.07) is 41.7. The van der Waals surface area contributed by atoms with Crippen LogP contribution in [0.25, 0.3) is 0 Å². The molecule has 0 N–H and O–H groups in total. The molecule has 4 aromatic carbocycles. The van der Waals surface area contributed by atoms with E-state index in [2.05, 4.69) is 97.1 Å². The monoisotopic (exact) mass is 386 g/mol. The molecule has 0 aliphatic carbocycles. The van der Waals surface area contributed by atoms with Crippen LogP contribution in [0.15, 0.2) is 121 Å². The molecule has 0 bridgehead atoms. The summed E-state index contributed by atoms with van der Waals surface area (Å²) in [6.45, 7) is 0. The molecule has 0 heterocycles. The fourth-order valence-electron chi connectivity index (χ4n) is 3.35. The van der Waals surface area contributed by atoms with Crippen molar-refractivity contribution >= 4 is 12.4 Å². The second kappa shape index (κ2) is 9.89. The van der Waals surface area contributed by atoms with Crippen LogP contribution in [0.1, 0.15) is 34.5 Å². The summed E-state index contributed by atoms with van der Waals surface area (Å²) in [5.41, 5.74) is 4.61. The van der Waals surface area contributed by atoms with Gasteiger partial charge in [-0.05, 0) is 22.3 Å². The molecule has 0 aliphatic heterocycles. The summed E-state index contributed by atoms with van der Waals surface area (Å²) in [5, 5.41) is 0. The molecule has 0 saturated carbocycles. The third-order valence-electron chi connectivity index (χ3n) is 4.68. The zero-order valence-electron chi connectivity index (χ0n) is 15.5. The van der Waals surface area contributed by atoms with E-state index >= 15 is 0 Å². The standard InChI is InChI=1S/C26H22O.ClH/c1-5-13-21(14-6-1)25(22-15-7-2-8-16-22)27-26(23-17-9-3-10-18-23)24-19-11-4-12-20-24;/h1-20,25-26H;1H. The average molecular weight is 387 g/mol. The lowest BCUT2D eigenvalue weighted by Crippen LogP contribution is -2.13. The molecule has 4 aromatic rings. The van der Waals surface area contributed by atoms with Crippen LogP contribution in [-0.4, -0.2) is 0 Å². The van der Waals surface area contributed by atoms with E-state index in [9.17, 15) is 0 Å². The van der Waals surface area contributed by atoms with Gasteiger partial charge in [0.15, 0.2) is 0 Å². The van der Waals surface area contributed by atoms with Crippen molar-refractivity contribution in [3.63, 3.8) is 0 Å². The van der Waals surface area contributed by atoms with E-state index in [4.69, 9.17) is 4.74 Å². The van der Waals surface area contributed by atoms with Gasteiger partial charge in [-0.25, -0.2) is 0 Å². The highest BCUT2D eigenvalue weighted by Crippen LogP contribution is 2.35. The molecule has 140 valence electrons. The SMILES string of the molecule is Cl.c1ccc(C(OC(c2ccccc2)c2ccccc2)c2ccccc2)cc1. The van der Waals surface area contributed by atoms with Gasteiger partial charge in [0.1, 0.15) is 12.2 Å². The van der Waals surface area contributed by atoms with Gasteiger partial charge >= 0.3 is 0 Å². The van der Waals surface area contributed by atoms with Crippen molar-refractivity contribution < 1.29 is 4.74 Å². The molecular formula is C26H23ClO. The fraction of sp³-hybridized carbons (Fsp3) is 0.0769. The molecule has 28 heavy (non-hydrogen) atoms. The van der Waals surface area contributed by atoms with E-state index in [0.717, 1.165) is 22.3 Å². The number of halogens is 1. The first-order chi connectivity index (χ1) is 13.4. The molecule has 0 aliphatic rings. The van der Waals surface area contributed by atoms with Crippen LogP contribution in [-0.2, 0) is 4.74 Å². The zero-order chi connectivity index (χ0) is 18.3. The highest BCUT2D eigenvalue weighted by molar-refractivity contribution is 5.85. The fourth-order valence-corrected chi connectivity index (χ4v) is 3.35. The average Bonchev–Trinajstić information content (AvgIpc) is 2.77. The molecule has 0 radical (unpaired) electrons. The molecular weight excluding hydrogens is 364 g/mol. The van der Waals surface area contributed by atoms with Gasteiger partial charge in [-0.15, -0.1) is 12.4 Å². The Hall–Kier alpha value is -2.87. The van der Waals surface area contributed by atoms with Crippen molar-refractivity contribution in [2.75, 3.05) is 0 Å². The highest BCUT2D eigenvalue weighted by atomic mass is 35.5. The number of ether oxygens (including phenoxy) is 1. The zero-order valence-corrected chi connectivity index (χ0v) is 16.3. The molecule has 0 amide bonds. The van der Waals surface area contributed by atoms with Gasteiger partial charge in [-0.3, -0.25) is 0 Å². The molecule has 2 heteroatoms. The van der Waals surface area contributed by atoms with Crippen LogP contribution >= 0.6 is 12.4 Å². The predicted molar refractivity (Wildman–Crippen MR) is 118 cm³/mol. The van der Waals surface area contributed by atoms with Gasteiger partial charge in [0.25, 0.3) is 0 Å². The first-order valence-corrected chi connectivity index (χ1v) is 9.27. The summed E-state index contributed by atoms with van der Waals surface area (Å²) in [4.78, 5) is 0. The largest absolute Gasteiger partial charge is 0.356 e. The van der Waals surface area contributed by atoms with Crippen molar-refractivity contribution in [2.24, 2.45) is 0 Å². The van der Waals surface area contributed by atoms with E-state index < -0.39 is 0 Å². The predicted octanol–water partition coefficient (Wildman–Crippen LogP) is 7.00. The van der Waals surface area contributed by atoms with Crippen LogP contribution < -0.4 is 0 Å².